The van der Waals surface area contributed by atoms with E-state index in [1.807, 2.05) is 31.2 Å². The molecule has 0 unspecified atom stereocenters. The second kappa shape index (κ2) is 8.50. The minimum atomic E-state index is -3.83. The molecule has 146 valence electrons. The van der Waals surface area contributed by atoms with Crippen LogP contribution < -0.4 is 5.32 Å². The van der Waals surface area contributed by atoms with Gasteiger partial charge in [-0.25, -0.2) is 8.42 Å². The molecule has 0 aliphatic heterocycles. The molecule has 0 saturated carbocycles. The molecule has 1 N–H and O–H groups in total. The van der Waals surface area contributed by atoms with Crippen molar-refractivity contribution in [3.8, 4) is 0 Å². The van der Waals surface area contributed by atoms with Gasteiger partial charge in [-0.3, -0.25) is 9.78 Å². The average molecular weight is 398 g/mol. The first kappa shape index (κ1) is 20.0. The zero-order chi connectivity index (χ0) is 20.1. The van der Waals surface area contributed by atoms with E-state index < -0.39 is 10.0 Å². The molecule has 0 aliphatic rings. The Morgan fingerprint density at radius 1 is 1.07 bits per heavy atom. The number of aryl methyl sites for hydroxylation is 1. The van der Waals surface area contributed by atoms with Crippen molar-refractivity contribution < 1.29 is 13.2 Å². The number of likely N-dealkylation sites (N-methyl/N-ethyl adjacent to an activating group) is 1. The maximum absolute atomic E-state index is 12.9. The summed E-state index contributed by atoms with van der Waals surface area (Å²) in [6, 6.07) is 16.6. The van der Waals surface area contributed by atoms with Crippen LogP contribution in [0.25, 0.3) is 10.9 Å². The monoisotopic (exact) mass is 397 g/mol. The van der Waals surface area contributed by atoms with E-state index in [9.17, 15) is 13.2 Å². The van der Waals surface area contributed by atoms with Crippen molar-refractivity contribution in [1.29, 1.82) is 0 Å². The first-order valence-corrected chi connectivity index (χ1v) is 10.4. The van der Waals surface area contributed by atoms with E-state index in [1.165, 1.54) is 18.7 Å². The van der Waals surface area contributed by atoms with Crippen LogP contribution in [0.2, 0.25) is 0 Å². The number of sulfonamides is 1. The van der Waals surface area contributed by atoms with Gasteiger partial charge in [-0.1, -0.05) is 48.0 Å². The molecule has 0 saturated heterocycles. The van der Waals surface area contributed by atoms with Gasteiger partial charge in [0.05, 0.1) is 12.1 Å². The molecule has 1 amide bonds. The molecule has 0 bridgehead atoms. The standard InChI is InChI=1S/C21H23N3O3S/c1-16-8-10-17(11-9-16)12-14-22-20(25)15-24(2)28(26,27)19-7-3-5-18-6-4-13-23-21(18)19/h3-11,13H,12,14-15H2,1-2H3,(H,22,25). The van der Waals surface area contributed by atoms with Crippen LogP contribution in [0.15, 0.2) is 65.7 Å². The normalized spacial score (nSPS) is 11.7. The number of carbonyl (C=O) groups is 1. The summed E-state index contributed by atoms with van der Waals surface area (Å²) in [6.45, 7) is 2.22. The second-order valence-corrected chi connectivity index (χ2v) is 8.69. The smallest absolute Gasteiger partial charge is 0.245 e. The van der Waals surface area contributed by atoms with Crippen molar-refractivity contribution in [3.63, 3.8) is 0 Å². The fraction of sp³-hybridized carbons (Fsp3) is 0.238. The molecule has 0 spiro atoms. The summed E-state index contributed by atoms with van der Waals surface area (Å²) in [5.41, 5.74) is 2.70. The quantitative estimate of drug-likeness (QED) is 0.664. The minimum Gasteiger partial charge on any atom is -0.355 e. The molecule has 0 radical (unpaired) electrons. The number of hydrogen-bond donors (Lipinski definition) is 1. The third-order valence-corrected chi connectivity index (χ3v) is 6.34. The molecule has 3 aromatic rings. The Morgan fingerprint density at radius 2 is 1.79 bits per heavy atom. The molecule has 0 fully saturated rings. The Hall–Kier alpha value is -2.77. The number of amides is 1. The fourth-order valence-corrected chi connectivity index (χ4v) is 4.18. The largest absolute Gasteiger partial charge is 0.355 e. The lowest BCUT2D eigenvalue weighted by atomic mass is 10.1. The summed E-state index contributed by atoms with van der Waals surface area (Å²) in [4.78, 5) is 16.5. The average Bonchev–Trinajstić information content (AvgIpc) is 2.69. The van der Waals surface area contributed by atoms with Gasteiger partial charge in [0.1, 0.15) is 4.90 Å². The summed E-state index contributed by atoms with van der Waals surface area (Å²) in [6.07, 6.45) is 2.24. The highest BCUT2D eigenvalue weighted by molar-refractivity contribution is 7.89. The van der Waals surface area contributed by atoms with Crippen LogP contribution in [0.1, 0.15) is 11.1 Å². The van der Waals surface area contributed by atoms with E-state index in [1.54, 1.807) is 30.5 Å². The molecule has 2 aromatic carbocycles. The van der Waals surface area contributed by atoms with Crippen LogP contribution >= 0.6 is 0 Å². The molecule has 1 aromatic heterocycles. The van der Waals surface area contributed by atoms with E-state index in [0.717, 1.165) is 15.3 Å². The van der Waals surface area contributed by atoms with E-state index in [-0.39, 0.29) is 17.3 Å². The SMILES string of the molecule is Cc1ccc(CCNC(=O)CN(C)S(=O)(=O)c2cccc3cccnc23)cc1. The van der Waals surface area contributed by atoms with Crippen molar-refractivity contribution in [2.24, 2.45) is 0 Å². The number of hydrogen-bond acceptors (Lipinski definition) is 4. The fourth-order valence-electron chi connectivity index (χ4n) is 2.90. The van der Waals surface area contributed by atoms with E-state index in [2.05, 4.69) is 10.3 Å². The van der Waals surface area contributed by atoms with Crippen molar-refractivity contribution in [1.82, 2.24) is 14.6 Å². The Balaban J connectivity index is 1.63. The van der Waals surface area contributed by atoms with Crippen molar-refractivity contribution in [2.45, 2.75) is 18.2 Å². The Bertz CT molecular complexity index is 1070. The van der Waals surface area contributed by atoms with Gasteiger partial charge in [0, 0.05) is 25.2 Å². The zero-order valence-corrected chi connectivity index (χ0v) is 16.7. The Kier molecular flexibility index (Phi) is 6.06. The summed E-state index contributed by atoms with van der Waals surface area (Å²) < 4.78 is 26.9. The summed E-state index contributed by atoms with van der Waals surface area (Å²) in [5, 5.41) is 3.51. The molecule has 0 atom stereocenters. The topological polar surface area (TPSA) is 79.4 Å². The molecule has 28 heavy (non-hydrogen) atoms. The maximum Gasteiger partial charge on any atom is 0.245 e. The van der Waals surface area contributed by atoms with Gasteiger partial charge >= 0.3 is 0 Å². The number of aromatic nitrogens is 1. The lowest BCUT2D eigenvalue weighted by Gasteiger charge is -2.17. The highest BCUT2D eigenvalue weighted by Gasteiger charge is 2.25. The first-order valence-electron chi connectivity index (χ1n) is 9.00. The molecule has 1 heterocycles. The summed E-state index contributed by atoms with van der Waals surface area (Å²) >= 11 is 0. The minimum absolute atomic E-state index is 0.0977. The maximum atomic E-state index is 12.9. The van der Waals surface area contributed by atoms with Gasteiger partial charge in [0.2, 0.25) is 15.9 Å². The van der Waals surface area contributed by atoms with Crippen molar-refractivity contribution in [2.75, 3.05) is 20.1 Å². The molecular formula is C21H23N3O3S. The Labute approximate surface area is 165 Å². The number of fused-ring (bicyclic) bond motifs is 1. The van der Waals surface area contributed by atoms with Gasteiger partial charge < -0.3 is 5.32 Å². The summed E-state index contributed by atoms with van der Waals surface area (Å²) in [5.74, 6) is -0.341. The Morgan fingerprint density at radius 3 is 2.54 bits per heavy atom. The number of benzene rings is 2. The van der Waals surface area contributed by atoms with Crippen LogP contribution in [0, 0.1) is 6.92 Å². The number of pyridine rings is 1. The van der Waals surface area contributed by atoms with Gasteiger partial charge in [-0.2, -0.15) is 4.31 Å². The predicted molar refractivity (Wildman–Crippen MR) is 109 cm³/mol. The lowest BCUT2D eigenvalue weighted by Crippen LogP contribution is -2.39. The zero-order valence-electron chi connectivity index (χ0n) is 15.9. The van der Waals surface area contributed by atoms with Crippen LogP contribution in [0.3, 0.4) is 0 Å². The van der Waals surface area contributed by atoms with Gasteiger partial charge in [0.15, 0.2) is 0 Å². The second-order valence-electron chi connectivity index (χ2n) is 6.68. The van der Waals surface area contributed by atoms with Crippen molar-refractivity contribution in [3.05, 3.63) is 71.9 Å². The molecule has 7 heteroatoms. The van der Waals surface area contributed by atoms with E-state index in [0.29, 0.717) is 18.5 Å². The van der Waals surface area contributed by atoms with Crippen LogP contribution in [0.5, 0.6) is 0 Å². The third kappa shape index (κ3) is 4.55. The molecule has 6 nitrogen and oxygen atoms in total. The molecule has 3 rings (SSSR count). The highest BCUT2D eigenvalue weighted by atomic mass is 32.2. The number of nitrogens with zero attached hydrogens (tertiary/aromatic N) is 2. The van der Waals surface area contributed by atoms with Crippen LogP contribution in [0.4, 0.5) is 0 Å². The number of rotatable bonds is 7. The molecular weight excluding hydrogens is 374 g/mol. The number of carbonyl (C=O) groups excluding carboxylic acids is 1. The van der Waals surface area contributed by atoms with Gasteiger partial charge in [-0.15, -0.1) is 0 Å². The first-order chi connectivity index (χ1) is 13.4. The highest BCUT2D eigenvalue weighted by Crippen LogP contribution is 2.23. The van der Waals surface area contributed by atoms with Crippen LogP contribution in [-0.2, 0) is 21.2 Å². The van der Waals surface area contributed by atoms with Crippen molar-refractivity contribution >= 4 is 26.8 Å². The summed E-state index contributed by atoms with van der Waals surface area (Å²) in [7, 11) is -2.43. The number of para-hydroxylation sites is 1. The van der Waals surface area contributed by atoms with Crippen LogP contribution in [-0.4, -0.2) is 43.8 Å². The molecule has 0 aliphatic carbocycles. The predicted octanol–water partition coefficient (Wildman–Crippen LogP) is 2.52. The number of nitrogens with one attached hydrogen (secondary N) is 1. The van der Waals surface area contributed by atoms with E-state index >= 15 is 0 Å². The van der Waals surface area contributed by atoms with Gasteiger partial charge in [-0.05, 0) is 31.0 Å². The lowest BCUT2D eigenvalue weighted by molar-refractivity contribution is -0.121. The third-order valence-electron chi connectivity index (χ3n) is 4.51. The van der Waals surface area contributed by atoms with Gasteiger partial charge in [0.25, 0.3) is 0 Å². The van der Waals surface area contributed by atoms with E-state index in [4.69, 9.17) is 0 Å².